The molecule has 0 bridgehead atoms. The number of nitrogens with zero attached hydrogens (tertiary/aromatic N) is 2. The predicted octanol–water partition coefficient (Wildman–Crippen LogP) is 4.17. The molecule has 40 heavy (non-hydrogen) atoms. The van der Waals surface area contributed by atoms with Crippen LogP contribution in [-0.2, 0) is 14.3 Å². The van der Waals surface area contributed by atoms with Crippen molar-refractivity contribution in [2.45, 2.75) is 38.6 Å². The Balaban J connectivity index is 1.46. The van der Waals surface area contributed by atoms with Gasteiger partial charge in [-0.3, -0.25) is 14.5 Å². The van der Waals surface area contributed by atoms with E-state index in [2.05, 4.69) is 11.8 Å². The maximum atomic E-state index is 13.5. The van der Waals surface area contributed by atoms with Crippen LogP contribution in [-0.4, -0.2) is 85.8 Å². The van der Waals surface area contributed by atoms with E-state index in [1.165, 1.54) is 0 Å². The third kappa shape index (κ3) is 6.26. The highest BCUT2D eigenvalue weighted by Crippen LogP contribution is 2.41. The Morgan fingerprint density at radius 1 is 0.950 bits per heavy atom. The summed E-state index contributed by atoms with van der Waals surface area (Å²) in [5.74, 6) is 0.209. The number of morpholine rings is 1. The summed E-state index contributed by atoms with van der Waals surface area (Å²) in [6.45, 7) is 7.86. The molecule has 0 radical (unpaired) electrons. The minimum atomic E-state index is -0.739. The molecule has 0 spiro atoms. The van der Waals surface area contributed by atoms with E-state index in [4.69, 9.17) is 18.9 Å². The molecule has 2 aromatic carbocycles. The number of aliphatic hydroxyl groups is 1. The van der Waals surface area contributed by atoms with Crippen molar-refractivity contribution in [3.8, 4) is 17.2 Å². The number of amides is 1. The van der Waals surface area contributed by atoms with Gasteiger partial charge in [-0.2, -0.15) is 0 Å². The highest BCUT2D eigenvalue weighted by molar-refractivity contribution is 6.46. The molecule has 3 aliphatic rings. The molecule has 3 heterocycles. The molecule has 1 atom stereocenters. The lowest BCUT2D eigenvalue weighted by atomic mass is 9.95. The molecule has 9 heteroatoms. The number of hydrogen-bond donors (Lipinski definition) is 1. The van der Waals surface area contributed by atoms with Crippen molar-refractivity contribution in [3.63, 3.8) is 0 Å². The number of ether oxygens (including phenoxy) is 4. The van der Waals surface area contributed by atoms with Gasteiger partial charge in [0, 0.05) is 31.7 Å². The van der Waals surface area contributed by atoms with Gasteiger partial charge in [-0.05, 0) is 48.7 Å². The van der Waals surface area contributed by atoms with Gasteiger partial charge in [0.2, 0.25) is 0 Å². The van der Waals surface area contributed by atoms with Gasteiger partial charge in [0.1, 0.15) is 24.7 Å². The lowest BCUT2D eigenvalue weighted by Crippen LogP contribution is -2.38. The summed E-state index contributed by atoms with van der Waals surface area (Å²) in [5.41, 5.74) is 1.18. The van der Waals surface area contributed by atoms with E-state index in [9.17, 15) is 14.7 Å². The largest absolute Gasteiger partial charge is 0.507 e. The van der Waals surface area contributed by atoms with Crippen molar-refractivity contribution >= 4 is 17.4 Å². The van der Waals surface area contributed by atoms with Crippen LogP contribution >= 0.6 is 0 Å². The molecule has 2 saturated heterocycles. The average Bonchev–Trinajstić information content (AvgIpc) is 3.24. The summed E-state index contributed by atoms with van der Waals surface area (Å²) in [6.07, 6.45) is 3.83. The van der Waals surface area contributed by atoms with Gasteiger partial charge in [0.25, 0.3) is 11.7 Å². The number of hydrogen-bond acceptors (Lipinski definition) is 8. The highest BCUT2D eigenvalue weighted by Gasteiger charge is 2.46. The Kier molecular flexibility index (Phi) is 9.23. The molecule has 0 unspecified atom stereocenters. The molecule has 5 rings (SSSR count). The van der Waals surface area contributed by atoms with E-state index < -0.39 is 17.7 Å². The van der Waals surface area contributed by atoms with Crippen LogP contribution < -0.4 is 14.2 Å². The van der Waals surface area contributed by atoms with Gasteiger partial charge in [-0.1, -0.05) is 31.9 Å². The van der Waals surface area contributed by atoms with Crippen molar-refractivity contribution in [1.82, 2.24) is 9.80 Å². The Hall–Kier alpha value is -3.56. The summed E-state index contributed by atoms with van der Waals surface area (Å²) < 4.78 is 22.7. The van der Waals surface area contributed by atoms with Crippen molar-refractivity contribution < 1.29 is 33.6 Å². The Morgan fingerprint density at radius 2 is 1.75 bits per heavy atom. The molecule has 2 fully saturated rings. The van der Waals surface area contributed by atoms with Crippen LogP contribution in [0.4, 0.5) is 0 Å². The standard InChI is InChI=1S/C31H38N2O7/c1-2-3-4-15-38-24-8-5-7-22(20-24)28-27(29(34)23-9-10-25-26(21-23)40-19-18-39-25)30(35)31(36)33(28)12-6-11-32-13-16-37-17-14-32/h5,7-10,20-21,28,34H,2-4,6,11-19H2,1H3/b29-27+/t28-/m1/s1. The molecule has 3 aliphatic heterocycles. The minimum Gasteiger partial charge on any atom is -0.507 e. The number of aliphatic hydroxyl groups excluding tert-OH is 1. The number of unbranched alkanes of at least 4 members (excludes halogenated alkanes) is 2. The van der Waals surface area contributed by atoms with E-state index in [0.29, 0.717) is 68.8 Å². The van der Waals surface area contributed by atoms with Gasteiger partial charge in [-0.25, -0.2) is 0 Å². The molecule has 1 N–H and O–H groups in total. The minimum absolute atomic E-state index is 0.0659. The number of rotatable bonds is 11. The number of Topliss-reactive ketones (excluding diaryl/α,β-unsaturated/α-hetero) is 1. The topological polar surface area (TPSA) is 97.8 Å². The molecule has 214 valence electrons. The Labute approximate surface area is 235 Å². The predicted molar refractivity (Wildman–Crippen MR) is 150 cm³/mol. The van der Waals surface area contributed by atoms with Crippen LogP contribution in [0.15, 0.2) is 48.0 Å². The number of fused-ring (bicyclic) bond motifs is 1. The number of benzene rings is 2. The van der Waals surface area contributed by atoms with Crippen LogP contribution in [0, 0.1) is 0 Å². The normalized spacial score (nSPS) is 20.6. The zero-order chi connectivity index (χ0) is 27.9. The van der Waals surface area contributed by atoms with Gasteiger partial charge >= 0.3 is 0 Å². The molecule has 0 aromatic heterocycles. The first-order chi connectivity index (χ1) is 19.6. The zero-order valence-electron chi connectivity index (χ0n) is 23.1. The van der Waals surface area contributed by atoms with E-state index >= 15 is 0 Å². The van der Waals surface area contributed by atoms with Crippen LogP contribution in [0.25, 0.3) is 5.76 Å². The SMILES string of the molecule is CCCCCOc1cccc([C@@H]2/C(=C(\O)c3ccc4c(c3)OCCO4)C(=O)C(=O)N2CCCN2CCOCC2)c1. The fourth-order valence-corrected chi connectivity index (χ4v) is 5.41. The van der Waals surface area contributed by atoms with Crippen molar-refractivity contribution in [2.75, 3.05) is 59.2 Å². The van der Waals surface area contributed by atoms with Gasteiger partial charge in [0.15, 0.2) is 11.5 Å². The first-order valence-electron chi connectivity index (χ1n) is 14.3. The van der Waals surface area contributed by atoms with Crippen molar-refractivity contribution in [2.24, 2.45) is 0 Å². The summed E-state index contributed by atoms with van der Waals surface area (Å²) in [4.78, 5) is 30.8. The lowest BCUT2D eigenvalue weighted by Gasteiger charge is -2.29. The molecule has 2 aromatic rings. The number of ketones is 1. The summed E-state index contributed by atoms with van der Waals surface area (Å²) >= 11 is 0. The molecule has 9 nitrogen and oxygen atoms in total. The van der Waals surface area contributed by atoms with Gasteiger partial charge in [0.05, 0.1) is 31.4 Å². The third-order valence-corrected chi connectivity index (χ3v) is 7.52. The van der Waals surface area contributed by atoms with Crippen LogP contribution in [0.2, 0.25) is 0 Å². The molecular formula is C31H38N2O7. The van der Waals surface area contributed by atoms with Crippen molar-refractivity contribution in [3.05, 3.63) is 59.2 Å². The monoisotopic (exact) mass is 550 g/mol. The maximum absolute atomic E-state index is 13.5. The third-order valence-electron chi connectivity index (χ3n) is 7.52. The zero-order valence-corrected chi connectivity index (χ0v) is 23.1. The van der Waals surface area contributed by atoms with E-state index in [1.54, 1.807) is 23.1 Å². The molecule has 1 amide bonds. The van der Waals surface area contributed by atoms with Crippen molar-refractivity contribution in [1.29, 1.82) is 0 Å². The second-order valence-electron chi connectivity index (χ2n) is 10.3. The second-order valence-corrected chi connectivity index (χ2v) is 10.3. The van der Waals surface area contributed by atoms with Crippen LogP contribution in [0.5, 0.6) is 17.2 Å². The molecule has 0 saturated carbocycles. The van der Waals surface area contributed by atoms with E-state index in [-0.39, 0.29) is 11.3 Å². The summed E-state index contributed by atoms with van der Waals surface area (Å²) in [7, 11) is 0. The smallest absolute Gasteiger partial charge is 0.295 e. The molecular weight excluding hydrogens is 512 g/mol. The fraction of sp³-hybridized carbons (Fsp3) is 0.484. The maximum Gasteiger partial charge on any atom is 0.295 e. The van der Waals surface area contributed by atoms with Gasteiger partial charge in [-0.15, -0.1) is 0 Å². The van der Waals surface area contributed by atoms with Crippen LogP contribution in [0.1, 0.15) is 49.8 Å². The molecule has 0 aliphatic carbocycles. The lowest BCUT2D eigenvalue weighted by molar-refractivity contribution is -0.140. The second kappa shape index (κ2) is 13.2. The quantitative estimate of drug-likeness (QED) is 0.193. The Morgan fingerprint density at radius 3 is 2.55 bits per heavy atom. The highest BCUT2D eigenvalue weighted by atomic mass is 16.6. The average molecular weight is 551 g/mol. The van der Waals surface area contributed by atoms with E-state index in [0.717, 1.165) is 44.5 Å². The number of likely N-dealkylation sites (tertiary alicyclic amines) is 1. The first kappa shape index (κ1) is 28.0. The fourth-order valence-electron chi connectivity index (χ4n) is 5.41. The van der Waals surface area contributed by atoms with Gasteiger partial charge < -0.3 is 29.0 Å². The number of carbonyl (C=O) groups is 2. The Bertz CT molecular complexity index is 1240. The summed E-state index contributed by atoms with van der Waals surface area (Å²) in [6, 6.07) is 11.8. The number of carbonyl (C=O) groups excluding carboxylic acids is 2. The van der Waals surface area contributed by atoms with Crippen LogP contribution in [0.3, 0.4) is 0 Å². The summed E-state index contributed by atoms with van der Waals surface area (Å²) in [5, 5.41) is 11.5. The van der Waals surface area contributed by atoms with E-state index in [1.807, 2.05) is 24.3 Å². The first-order valence-corrected chi connectivity index (χ1v) is 14.3.